The van der Waals surface area contributed by atoms with E-state index in [4.69, 9.17) is 4.74 Å². The molecule has 0 unspecified atom stereocenters. The van der Waals surface area contributed by atoms with E-state index in [0.29, 0.717) is 5.56 Å². The molecular formula is C20H19N3O6S. The molecule has 3 rings (SSSR count). The predicted octanol–water partition coefficient (Wildman–Crippen LogP) is 2.69. The fourth-order valence-corrected chi connectivity index (χ4v) is 4.38. The highest BCUT2D eigenvalue weighted by molar-refractivity contribution is 7.89. The number of carbonyl (C=O) groups excluding carboxylic acids is 1. The topological polar surface area (TPSA) is 131 Å². The molecule has 0 bridgehead atoms. The van der Waals surface area contributed by atoms with E-state index in [0.717, 1.165) is 23.0 Å². The smallest absolute Gasteiger partial charge is 0.324 e. The maximum atomic E-state index is 12.9. The van der Waals surface area contributed by atoms with E-state index in [1.807, 2.05) is 24.3 Å². The molecular weight excluding hydrogens is 410 g/mol. The van der Waals surface area contributed by atoms with Crippen LogP contribution in [0.25, 0.3) is 10.9 Å². The average molecular weight is 429 g/mol. The summed E-state index contributed by atoms with van der Waals surface area (Å²) in [5, 5.41) is 12.1. The molecule has 0 saturated carbocycles. The van der Waals surface area contributed by atoms with Crippen LogP contribution in [0.2, 0.25) is 0 Å². The van der Waals surface area contributed by atoms with Gasteiger partial charge in [-0.1, -0.05) is 43.0 Å². The van der Waals surface area contributed by atoms with Gasteiger partial charge < -0.3 is 9.72 Å². The molecule has 0 amide bonds. The van der Waals surface area contributed by atoms with E-state index in [2.05, 4.69) is 16.3 Å². The lowest BCUT2D eigenvalue weighted by molar-refractivity contribution is -0.387. The summed E-state index contributed by atoms with van der Waals surface area (Å²) < 4.78 is 33.1. The third-order valence-corrected chi connectivity index (χ3v) is 5.89. The summed E-state index contributed by atoms with van der Waals surface area (Å²) in [6.07, 6.45) is 3.02. The fourth-order valence-electron chi connectivity index (χ4n) is 3.02. The molecule has 30 heavy (non-hydrogen) atoms. The lowest BCUT2D eigenvalue weighted by Crippen LogP contribution is -2.43. The highest BCUT2D eigenvalue weighted by atomic mass is 32.2. The van der Waals surface area contributed by atoms with Gasteiger partial charge in [0.05, 0.1) is 4.92 Å². The number of fused-ring (bicyclic) bond motifs is 1. The van der Waals surface area contributed by atoms with Gasteiger partial charge in [-0.15, -0.1) is 0 Å². The molecule has 10 heteroatoms. The Hall–Kier alpha value is -3.50. The van der Waals surface area contributed by atoms with Gasteiger partial charge in [-0.3, -0.25) is 14.9 Å². The Morgan fingerprint density at radius 2 is 1.93 bits per heavy atom. The van der Waals surface area contributed by atoms with Gasteiger partial charge in [0, 0.05) is 29.6 Å². The number of nitrogens with one attached hydrogen (secondary N) is 2. The number of nitrogens with zero attached hydrogens (tertiary/aromatic N) is 1. The third kappa shape index (κ3) is 4.56. The zero-order chi connectivity index (χ0) is 21.7. The Balaban J connectivity index is 1.95. The Labute approximate surface area is 172 Å². The predicted molar refractivity (Wildman–Crippen MR) is 110 cm³/mol. The van der Waals surface area contributed by atoms with Crippen molar-refractivity contribution in [1.82, 2.24) is 9.71 Å². The van der Waals surface area contributed by atoms with Gasteiger partial charge >= 0.3 is 5.97 Å². The molecule has 0 saturated heterocycles. The highest BCUT2D eigenvalue weighted by Gasteiger charge is 2.32. The molecule has 0 fully saturated rings. The Kier molecular flexibility index (Phi) is 6.28. The van der Waals surface area contributed by atoms with Crippen molar-refractivity contribution in [2.24, 2.45) is 0 Å². The number of rotatable bonds is 9. The first-order valence-electron chi connectivity index (χ1n) is 8.91. The largest absolute Gasteiger partial charge is 0.460 e. The molecule has 0 radical (unpaired) electrons. The maximum Gasteiger partial charge on any atom is 0.324 e. The van der Waals surface area contributed by atoms with Gasteiger partial charge in [-0.05, 0) is 17.7 Å². The second kappa shape index (κ2) is 8.89. The van der Waals surface area contributed by atoms with Crippen LogP contribution in [0.5, 0.6) is 0 Å². The molecule has 0 spiro atoms. The van der Waals surface area contributed by atoms with Gasteiger partial charge in [0.1, 0.15) is 12.6 Å². The number of nitro groups is 1. The number of hydrogen-bond donors (Lipinski definition) is 2. The number of ether oxygens (including phenoxy) is 1. The number of H-pyrrole nitrogens is 1. The van der Waals surface area contributed by atoms with Crippen molar-refractivity contribution >= 4 is 32.6 Å². The zero-order valence-electron chi connectivity index (χ0n) is 15.8. The monoisotopic (exact) mass is 429 g/mol. The van der Waals surface area contributed by atoms with E-state index < -0.39 is 37.5 Å². The van der Waals surface area contributed by atoms with Gasteiger partial charge in [0.25, 0.3) is 5.69 Å². The van der Waals surface area contributed by atoms with Crippen LogP contribution in [0.4, 0.5) is 5.69 Å². The van der Waals surface area contributed by atoms with Crippen LogP contribution < -0.4 is 4.72 Å². The van der Waals surface area contributed by atoms with Crippen molar-refractivity contribution in [3.8, 4) is 0 Å². The molecule has 156 valence electrons. The van der Waals surface area contributed by atoms with E-state index in [1.54, 1.807) is 6.20 Å². The van der Waals surface area contributed by atoms with Crippen LogP contribution in [0.1, 0.15) is 5.56 Å². The maximum absolute atomic E-state index is 12.9. The third-order valence-electron chi connectivity index (χ3n) is 4.38. The Morgan fingerprint density at radius 1 is 1.23 bits per heavy atom. The molecule has 0 aliphatic carbocycles. The summed E-state index contributed by atoms with van der Waals surface area (Å²) in [7, 11) is -4.39. The first-order valence-corrected chi connectivity index (χ1v) is 10.4. The normalized spacial score (nSPS) is 12.4. The minimum absolute atomic E-state index is 0.0140. The summed E-state index contributed by atoms with van der Waals surface area (Å²) in [4.78, 5) is 25.5. The van der Waals surface area contributed by atoms with Crippen molar-refractivity contribution in [1.29, 1.82) is 0 Å². The summed E-state index contributed by atoms with van der Waals surface area (Å²) >= 11 is 0. The van der Waals surface area contributed by atoms with Crippen molar-refractivity contribution in [3.05, 3.63) is 83.1 Å². The SMILES string of the molecule is C=CCOC(=O)[C@H](Cc1c[nH]c2ccccc12)NS(=O)(=O)c1ccccc1[N+](=O)[O-]. The molecule has 3 aromatic rings. The lowest BCUT2D eigenvalue weighted by atomic mass is 10.1. The lowest BCUT2D eigenvalue weighted by Gasteiger charge is -2.17. The minimum Gasteiger partial charge on any atom is -0.460 e. The van der Waals surface area contributed by atoms with Gasteiger partial charge in [0.2, 0.25) is 10.0 Å². The van der Waals surface area contributed by atoms with Crippen LogP contribution in [0.15, 0.2) is 72.3 Å². The summed E-state index contributed by atoms with van der Waals surface area (Å²) in [5.74, 6) is -0.817. The number of sulfonamides is 1. The van der Waals surface area contributed by atoms with E-state index in [9.17, 15) is 23.3 Å². The van der Waals surface area contributed by atoms with Crippen molar-refractivity contribution in [2.75, 3.05) is 6.61 Å². The molecule has 1 heterocycles. The second-order valence-corrected chi connectivity index (χ2v) is 8.06. The fraction of sp³-hybridized carbons (Fsp3) is 0.150. The quantitative estimate of drug-likeness (QED) is 0.233. The average Bonchev–Trinajstić information content (AvgIpc) is 3.14. The minimum atomic E-state index is -4.39. The number of hydrogen-bond acceptors (Lipinski definition) is 6. The van der Waals surface area contributed by atoms with Crippen LogP contribution in [0, 0.1) is 10.1 Å². The number of esters is 1. The first kappa shape index (κ1) is 21.2. The summed E-state index contributed by atoms with van der Waals surface area (Å²) in [6.45, 7) is 3.37. The van der Waals surface area contributed by atoms with Crippen LogP contribution >= 0.6 is 0 Å². The number of nitro benzene ring substituents is 1. The van der Waals surface area contributed by atoms with Gasteiger partial charge in [0.15, 0.2) is 4.90 Å². The van der Waals surface area contributed by atoms with E-state index in [-0.39, 0.29) is 13.0 Å². The molecule has 2 aromatic carbocycles. The number of carbonyl (C=O) groups is 1. The van der Waals surface area contributed by atoms with E-state index >= 15 is 0 Å². The number of aromatic nitrogens is 1. The van der Waals surface area contributed by atoms with Gasteiger partial charge in [-0.2, -0.15) is 4.72 Å². The molecule has 2 N–H and O–H groups in total. The standard InChI is InChI=1S/C20H19N3O6S/c1-2-11-29-20(24)17(12-14-13-21-16-8-4-3-7-15(14)16)22-30(27,28)19-10-6-5-9-18(19)23(25)26/h2-10,13,17,21-22H,1,11-12H2/t17-/m0/s1. The first-order chi connectivity index (χ1) is 14.3. The second-order valence-electron chi connectivity index (χ2n) is 6.38. The Bertz CT molecular complexity index is 1200. The highest BCUT2D eigenvalue weighted by Crippen LogP contribution is 2.24. The van der Waals surface area contributed by atoms with Crippen molar-refractivity contribution < 1.29 is 22.9 Å². The molecule has 0 aliphatic rings. The number of para-hydroxylation sites is 2. The number of aromatic amines is 1. The number of benzene rings is 2. The Morgan fingerprint density at radius 3 is 2.67 bits per heavy atom. The summed E-state index contributed by atoms with van der Waals surface area (Å²) in [6, 6.07) is 11.0. The van der Waals surface area contributed by atoms with E-state index in [1.165, 1.54) is 18.2 Å². The molecule has 9 nitrogen and oxygen atoms in total. The van der Waals surface area contributed by atoms with Gasteiger partial charge in [-0.25, -0.2) is 8.42 Å². The van der Waals surface area contributed by atoms with Crippen LogP contribution in [0.3, 0.4) is 0 Å². The van der Waals surface area contributed by atoms with Crippen molar-refractivity contribution in [3.63, 3.8) is 0 Å². The zero-order valence-corrected chi connectivity index (χ0v) is 16.6. The molecule has 1 atom stereocenters. The van der Waals surface area contributed by atoms with Crippen molar-refractivity contribution in [2.45, 2.75) is 17.4 Å². The molecule has 0 aliphatic heterocycles. The van der Waals surface area contributed by atoms with Crippen LogP contribution in [-0.2, 0) is 26.0 Å². The molecule has 1 aromatic heterocycles. The van der Waals surface area contributed by atoms with Crippen LogP contribution in [-0.4, -0.2) is 36.9 Å². The summed E-state index contributed by atoms with van der Waals surface area (Å²) in [5.41, 5.74) is 0.930.